The molecule has 1 aliphatic carbocycles. The van der Waals surface area contributed by atoms with Gasteiger partial charge < -0.3 is 39.0 Å². The molecule has 10 heteroatoms. The van der Waals surface area contributed by atoms with E-state index in [4.69, 9.17) is 23.7 Å². The third kappa shape index (κ3) is 5.62. The van der Waals surface area contributed by atoms with E-state index in [9.17, 15) is 24.9 Å². The molecule has 1 atom stereocenters. The quantitative estimate of drug-likeness (QED) is 0.177. The number of hydrogen-bond acceptors (Lipinski definition) is 10. The van der Waals surface area contributed by atoms with Crippen LogP contribution in [0, 0.1) is 6.92 Å². The molecule has 4 aromatic rings. The predicted molar refractivity (Wildman–Crippen MR) is 163 cm³/mol. The van der Waals surface area contributed by atoms with Crippen molar-refractivity contribution in [3.8, 4) is 23.0 Å². The molecule has 1 unspecified atom stereocenters. The summed E-state index contributed by atoms with van der Waals surface area (Å²) in [5, 5.41) is 34.0. The molecular weight excluding hydrogens is 580 g/mol. The summed E-state index contributed by atoms with van der Waals surface area (Å²) < 4.78 is 28.8. The molecule has 45 heavy (non-hydrogen) atoms. The van der Waals surface area contributed by atoms with E-state index >= 15 is 0 Å². The summed E-state index contributed by atoms with van der Waals surface area (Å²) in [6.45, 7) is 4.46. The summed E-state index contributed by atoms with van der Waals surface area (Å²) >= 11 is 0. The van der Waals surface area contributed by atoms with E-state index in [1.807, 2.05) is 37.3 Å². The van der Waals surface area contributed by atoms with Crippen LogP contribution in [-0.2, 0) is 32.0 Å². The molecule has 0 radical (unpaired) electrons. The maximum absolute atomic E-state index is 13.9. The summed E-state index contributed by atoms with van der Waals surface area (Å²) in [6, 6.07) is 15.6. The number of benzene rings is 4. The monoisotopic (exact) mass is 614 g/mol. The fourth-order valence-electron chi connectivity index (χ4n) is 6.22. The second kappa shape index (κ2) is 12.1. The van der Waals surface area contributed by atoms with Crippen LogP contribution in [0.1, 0.15) is 61.9 Å². The lowest BCUT2D eigenvalue weighted by atomic mass is 9.80. The minimum atomic E-state index is -1.13. The van der Waals surface area contributed by atoms with E-state index in [-0.39, 0.29) is 64.0 Å². The number of carbonyl (C=O) groups is 2. The number of methoxy groups -OCH3 is 1. The number of rotatable bonds is 10. The Morgan fingerprint density at radius 1 is 0.911 bits per heavy atom. The van der Waals surface area contributed by atoms with E-state index in [2.05, 4.69) is 0 Å². The normalized spacial score (nSPS) is 16.1. The summed E-state index contributed by atoms with van der Waals surface area (Å²) in [4.78, 5) is 27.6. The highest BCUT2D eigenvalue weighted by molar-refractivity contribution is 6.32. The maximum Gasteiger partial charge on any atom is 0.202 e. The van der Waals surface area contributed by atoms with E-state index < -0.39 is 28.9 Å². The molecule has 1 fully saturated rings. The summed E-state index contributed by atoms with van der Waals surface area (Å²) in [6.07, 6.45) is 0.202. The van der Waals surface area contributed by atoms with Gasteiger partial charge in [0.25, 0.3) is 0 Å². The molecule has 0 amide bonds. The van der Waals surface area contributed by atoms with Gasteiger partial charge in [0.2, 0.25) is 5.78 Å². The fraction of sp³-hybridized carbons (Fsp3) is 0.314. The third-order valence-electron chi connectivity index (χ3n) is 8.31. The lowest BCUT2D eigenvalue weighted by molar-refractivity contribution is -0.180. The molecule has 234 valence electrons. The zero-order valence-electron chi connectivity index (χ0n) is 25.2. The van der Waals surface area contributed by atoms with Crippen LogP contribution in [0.25, 0.3) is 10.8 Å². The Bertz CT molecular complexity index is 1790. The van der Waals surface area contributed by atoms with Crippen molar-refractivity contribution in [2.24, 2.45) is 0 Å². The third-order valence-corrected chi connectivity index (χ3v) is 8.31. The zero-order valence-corrected chi connectivity index (χ0v) is 25.2. The van der Waals surface area contributed by atoms with E-state index in [1.165, 1.54) is 31.4 Å². The van der Waals surface area contributed by atoms with Gasteiger partial charge in [-0.25, -0.2) is 0 Å². The number of hydrogen-bond donors (Lipinski definition) is 3. The maximum atomic E-state index is 13.9. The minimum absolute atomic E-state index is 0.0546. The molecule has 1 aliphatic heterocycles. The van der Waals surface area contributed by atoms with Crippen molar-refractivity contribution in [1.82, 2.24) is 0 Å². The first-order chi connectivity index (χ1) is 21.6. The van der Waals surface area contributed by atoms with E-state index in [0.717, 1.165) is 5.56 Å². The van der Waals surface area contributed by atoms with Crippen LogP contribution in [0.5, 0.6) is 23.0 Å². The van der Waals surface area contributed by atoms with Gasteiger partial charge in [-0.2, -0.15) is 0 Å². The van der Waals surface area contributed by atoms with Crippen LogP contribution in [0.2, 0.25) is 0 Å². The molecule has 0 bridgehead atoms. The standard InChI is InChI=1S/C35H34O10/c1-19(42-17-21-7-5-4-6-8-21)15-35(44-9-10-45-35)16-23-12-24(36)11-22-13-25-30(33(39)28(22)23)34(40)29-26(32(25)38)14-27(43-18-41-3)20(2)31(29)37/h4-8,11-14,19,36-37,39H,9-10,15-18H2,1-3H3. The van der Waals surface area contributed by atoms with Gasteiger partial charge in [-0.05, 0) is 54.6 Å². The Labute approximate surface area is 259 Å². The lowest BCUT2D eigenvalue weighted by Crippen LogP contribution is -2.37. The first kappa shape index (κ1) is 30.5. The smallest absolute Gasteiger partial charge is 0.202 e. The SMILES string of the molecule is COCOc1cc2c(c(O)c1C)C(=O)c1c(cc3cc(O)cc(CC4(CC(C)OCc5ccccc5)OCCO4)c3c1O)C2=O. The van der Waals surface area contributed by atoms with Gasteiger partial charge in [-0.1, -0.05) is 30.3 Å². The number of fused-ring (bicyclic) bond motifs is 3. The molecule has 0 spiro atoms. The van der Waals surface area contributed by atoms with Crippen LogP contribution in [-0.4, -0.2) is 65.9 Å². The van der Waals surface area contributed by atoms with Crippen LogP contribution in [0.3, 0.4) is 0 Å². The summed E-state index contributed by atoms with van der Waals surface area (Å²) in [7, 11) is 1.43. The molecule has 0 aromatic heterocycles. The Kier molecular flexibility index (Phi) is 8.23. The van der Waals surface area contributed by atoms with Crippen molar-refractivity contribution in [2.75, 3.05) is 27.1 Å². The summed E-state index contributed by atoms with van der Waals surface area (Å²) in [5.74, 6) is -3.17. The fourth-order valence-corrected chi connectivity index (χ4v) is 6.22. The van der Waals surface area contributed by atoms with Crippen molar-refractivity contribution in [2.45, 2.75) is 45.2 Å². The average Bonchev–Trinajstić information content (AvgIpc) is 3.47. The second-order valence-corrected chi connectivity index (χ2v) is 11.4. The van der Waals surface area contributed by atoms with Crippen LogP contribution < -0.4 is 4.74 Å². The molecular formula is C35H34O10. The highest BCUT2D eigenvalue weighted by Crippen LogP contribution is 2.46. The van der Waals surface area contributed by atoms with E-state index in [1.54, 1.807) is 6.92 Å². The van der Waals surface area contributed by atoms with Crippen molar-refractivity contribution in [1.29, 1.82) is 0 Å². The molecule has 4 aromatic carbocycles. The number of phenols is 3. The molecule has 1 saturated heterocycles. The van der Waals surface area contributed by atoms with Crippen molar-refractivity contribution >= 4 is 22.3 Å². The Hall–Kier alpha value is -4.48. The first-order valence-electron chi connectivity index (χ1n) is 14.6. The Balaban J connectivity index is 1.38. The molecule has 1 heterocycles. The minimum Gasteiger partial charge on any atom is -0.508 e. The predicted octanol–water partition coefficient (Wildman–Crippen LogP) is 5.30. The largest absolute Gasteiger partial charge is 0.508 e. The van der Waals surface area contributed by atoms with Gasteiger partial charge in [-0.3, -0.25) is 9.59 Å². The number of carbonyl (C=O) groups excluding carboxylic acids is 2. The number of phenolic OH excluding ortho intramolecular Hbond substituents is 3. The van der Waals surface area contributed by atoms with Gasteiger partial charge in [-0.15, -0.1) is 0 Å². The number of ketones is 2. The second-order valence-electron chi connectivity index (χ2n) is 11.4. The van der Waals surface area contributed by atoms with Crippen molar-refractivity contribution in [3.05, 3.63) is 93.5 Å². The van der Waals surface area contributed by atoms with Gasteiger partial charge in [0, 0.05) is 42.0 Å². The molecule has 2 aliphatic rings. The van der Waals surface area contributed by atoms with Gasteiger partial charge in [0.15, 0.2) is 18.4 Å². The van der Waals surface area contributed by atoms with Gasteiger partial charge in [0.1, 0.15) is 23.0 Å². The Morgan fingerprint density at radius 3 is 2.31 bits per heavy atom. The molecule has 3 N–H and O–H groups in total. The molecule has 6 rings (SSSR count). The highest BCUT2D eigenvalue weighted by atomic mass is 16.7. The highest BCUT2D eigenvalue weighted by Gasteiger charge is 2.41. The van der Waals surface area contributed by atoms with E-state index in [0.29, 0.717) is 37.2 Å². The number of aromatic hydroxyl groups is 3. The number of ether oxygens (including phenoxy) is 5. The van der Waals surface area contributed by atoms with Crippen LogP contribution in [0.4, 0.5) is 0 Å². The zero-order chi connectivity index (χ0) is 31.9. The lowest BCUT2D eigenvalue weighted by Gasteiger charge is -2.31. The van der Waals surface area contributed by atoms with Crippen LogP contribution in [0.15, 0.2) is 54.6 Å². The van der Waals surface area contributed by atoms with Gasteiger partial charge in [0.05, 0.1) is 37.1 Å². The molecule has 0 saturated carbocycles. The summed E-state index contributed by atoms with van der Waals surface area (Å²) in [5.41, 5.74) is 1.18. The van der Waals surface area contributed by atoms with Crippen LogP contribution >= 0.6 is 0 Å². The average molecular weight is 615 g/mol. The van der Waals surface area contributed by atoms with Crippen molar-refractivity contribution in [3.63, 3.8) is 0 Å². The topological polar surface area (TPSA) is 141 Å². The van der Waals surface area contributed by atoms with Gasteiger partial charge >= 0.3 is 0 Å². The Morgan fingerprint density at radius 2 is 1.60 bits per heavy atom. The van der Waals surface area contributed by atoms with Crippen molar-refractivity contribution < 1.29 is 48.6 Å². The molecule has 10 nitrogen and oxygen atoms in total. The first-order valence-corrected chi connectivity index (χ1v) is 14.6.